The molecule has 0 N–H and O–H groups in total. The van der Waals surface area contributed by atoms with E-state index in [1.165, 1.54) is 0 Å². The highest BCUT2D eigenvalue weighted by atomic mass is 79.9. The van der Waals surface area contributed by atoms with Crippen LogP contribution < -0.4 is 0 Å². The number of hydrogen-bond acceptors (Lipinski definition) is 4. The molecule has 2 heterocycles. The molecule has 0 spiro atoms. The van der Waals surface area contributed by atoms with Crippen molar-refractivity contribution in [3.8, 4) is 0 Å². The highest BCUT2D eigenvalue weighted by Gasteiger charge is 2.19. The van der Waals surface area contributed by atoms with Crippen molar-refractivity contribution >= 4 is 28.0 Å². The molecule has 0 saturated carbocycles. The summed E-state index contributed by atoms with van der Waals surface area (Å²) in [6.07, 6.45) is 2.21. The molecular weight excluding hydrogens is 320 g/mol. The first kappa shape index (κ1) is 12.9. The van der Waals surface area contributed by atoms with Gasteiger partial charge < -0.3 is 4.42 Å². The van der Waals surface area contributed by atoms with E-state index in [0.717, 1.165) is 5.56 Å². The van der Waals surface area contributed by atoms with Crippen LogP contribution in [-0.2, 0) is 0 Å². The number of azo groups is 1. The van der Waals surface area contributed by atoms with Gasteiger partial charge in [0, 0.05) is 6.42 Å². The Morgan fingerprint density at radius 2 is 2.05 bits per heavy atom. The minimum Gasteiger partial charge on any atom is -0.448 e. The smallest absolute Gasteiger partial charge is 0.175 e. The SMILES string of the molecule is Brc1ccc(/C=N\N=C2\C[C@H](c3ccccc3)N=N2)o1. The molecule has 20 heavy (non-hydrogen) atoms. The standard InChI is InChI=1S/C14H11BrN4O/c15-13-7-6-11(20-13)9-16-18-14-8-12(17-19-14)10-4-2-1-3-5-10/h1-7,9,12H,8H2/b16-9-,18-14-/t12-/m1/s1. The number of rotatable bonds is 3. The van der Waals surface area contributed by atoms with Gasteiger partial charge in [-0.05, 0) is 33.6 Å². The summed E-state index contributed by atoms with van der Waals surface area (Å²) in [5.74, 6) is 1.26. The van der Waals surface area contributed by atoms with E-state index in [-0.39, 0.29) is 6.04 Å². The quantitative estimate of drug-likeness (QED) is 0.608. The fraction of sp³-hybridized carbons (Fsp3) is 0.143. The van der Waals surface area contributed by atoms with Crippen LogP contribution in [0.1, 0.15) is 23.8 Å². The van der Waals surface area contributed by atoms with Crippen LogP contribution in [-0.4, -0.2) is 12.1 Å². The summed E-state index contributed by atoms with van der Waals surface area (Å²) in [7, 11) is 0. The lowest BCUT2D eigenvalue weighted by atomic mass is 10.1. The van der Waals surface area contributed by atoms with E-state index in [4.69, 9.17) is 4.42 Å². The molecule has 0 fully saturated rings. The molecule has 0 saturated heterocycles. The molecule has 1 aromatic carbocycles. The molecule has 3 rings (SSSR count). The average molecular weight is 331 g/mol. The second-order valence-electron chi connectivity index (χ2n) is 4.25. The Morgan fingerprint density at radius 1 is 1.20 bits per heavy atom. The second kappa shape index (κ2) is 5.92. The normalized spacial score (nSPS) is 20.2. The van der Waals surface area contributed by atoms with Crippen molar-refractivity contribution in [1.29, 1.82) is 0 Å². The van der Waals surface area contributed by atoms with Gasteiger partial charge >= 0.3 is 0 Å². The summed E-state index contributed by atoms with van der Waals surface area (Å²) < 4.78 is 5.95. The monoisotopic (exact) mass is 330 g/mol. The molecule has 100 valence electrons. The van der Waals surface area contributed by atoms with E-state index in [0.29, 0.717) is 22.7 Å². The van der Waals surface area contributed by atoms with Gasteiger partial charge in [-0.15, -0.1) is 10.2 Å². The predicted octanol–water partition coefficient (Wildman–Crippen LogP) is 4.37. The van der Waals surface area contributed by atoms with Gasteiger partial charge in [-0.25, -0.2) is 0 Å². The molecule has 1 aromatic heterocycles. The Kier molecular flexibility index (Phi) is 3.83. The molecule has 2 aromatic rings. The van der Waals surface area contributed by atoms with Gasteiger partial charge in [-0.2, -0.15) is 10.2 Å². The summed E-state index contributed by atoms with van der Waals surface area (Å²) >= 11 is 3.23. The van der Waals surface area contributed by atoms with Crippen LogP contribution in [0.3, 0.4) is 0 Å². The fourth-order valence-corrected chi connectivity index (χ4v) is 2.18. The fourth-order valence-electron chi connectivity index (χ4n) is 1.86. The second-order valence-corrected chi connectivity index (χ2v) is 5.03. The number of amidine groups is 1. The van der Waals surface area contributed by atoms with Crippen LogP contribution in [0, 0.1) is 0 Å². The Bertz CT molecular complexity index is 675. The van der Waals surface area contributed by atoms with E-state index in [1.54, 1.807) is 18.3 Å². The van der Waals surface area contributed by atoms with Crippen molar-refractivity contribution in [2.75, 3.05) is 0 Å². The topological polar surface area (TPSA) is 62.6 Å². The number of benzene rings is 1. The van der Waals surface area contributed by atoms with Gasteiger partial charge in [0.1, 0.15) is 11.8 Å². The zero-order valence-electron chi connectivity index (χ0n) is 10.5. The predicted molar refractivity (Wildman–Crippen MR) is 80.1 cm³/mol. The number of furan rings is 1. The van der Waals surface area contributed by atoms with E-state index >= 15 is 0 Å². The maximum Gasteiger partial charge on any atom is 0.175 e. The lowest BCUT2D eigenvalue weighted by Crippen LogP contribution is -1.95. The minimum atomic E-state index is 0.0444. The number of hydrogen-bond donors (Lipinski definition) is 0. The van der Waals surface area contributed by atoms with E-state index in [1.807, 2.05) is 30.3 Å². The summed E-state index contributed by atoms with van der Waals surface area (Å²) in [5.41, 5.74) is 1.14. The van der Waals surface area contributed by atoms with Gasteiger partial charge in [0.15, 0.2) is 10.5 Å². The summed E-state index contributed by atoms with van der Waals surface area (Å²) in [6, 6.07) is 13.7. The first-order valence-corrected chi connectivity index (χ1v) is 6.91. The number of halogens is 1. The molecule has 0 aliphatic carbocycles. The first-order valence-electron chi connectivity index (χ1n) is 6.12. The summed E-state index contributed by atoms with van der Waals surface area (Å²) in [4.78, 5) is 0. The van der Waals surface area contributed by atoms with Crippen LogP contribution in [0.25, 0.3) is 0 Å². The van der Waals surface area contributed by atoms with Gasteiger partial charge in [0.2, 0.25) is 0 Å². The van der Waals surface area contributed by atoms with Crippen molar-refractivity contribution < 1.29 is 4.42 Å². The summed E-state index contributed by atoms with van der Waals surface area (Å²) in [6.45, 7) is 0. The van der Waals surface area contributed by atoms with Crippen LogP contribution in [0.15, 0.2) is 72.0 Å². The molecule has 6 heteroatoms. The molecule has 1 atom stereocenters. The lowest BCUT2D eigenvalue weighted by Gasteiger charge is -2.02. The van der Waals surface area contributed by atoms with Crippen molar-refractivity contribution in [1.82, 2.24) is 0 Å². The number of nitrogens with zero attached hydrogens (tertiary/aromatic N) is 4. The van der Waals surface area contributed by atoms with Gasteiger partial charge in [-0.3, -0.25) is 0 Å². The van der Waals surface area contributed by atoms with E-state index in [2.05, 4.69) is 36.4 Å². The minimum absolute atomic E-state index is 0.0444. The largest absolute Gasteiger partial charge is 0.448 e. The van der Waals surface area contributed by atoms with Crippen LogP contribution in [0.4, 0.5) is 0 Å². The van der Waals surface area contributed by atoms with Crippen molar-refractivity contribution in [2.24, 2.45) is 20.4 Å². The molecule has 1 aliphatic rings. The van der Waals surface area contributed by atoms with Crippen LogP contribution in [0.2, 0.25) is 0 Å². The third-order valence-electron chi connectivity index (χ3n) is 2.82. The van der Waals surface area contributed by atoms with E-state index < -0.39 is 0 Å². The molecule has 5 nitrogen and oxygen atoms in total. The van der Waals surface area contributed by atoms with Crippen molar-refractivity contribution in [3.63, 3.8) is 0 Å². The Labute approximate surface area is 124 Å². The zero-order chi connectivity index (χ0) is 13.8. The van der Waals surface area contributed by atoms with E-state index in [9.17, 15) is 0 Å². The maximum atomic E-state index is 5.28. The highest BCUT2D eigenvalue weighted by Crippen LogP contribution is 2.27. The Morgan fingerprint density at radius 3 is 2.80 bits per heavy atom. The Balaban J connectivity index is 1.64. The van der Waals surface area contributed by atoms with Crippen molar-refractivity contribution in [2.45, 2.75) is 12.5 Å². The Hall–Kier alpha value is -2.08. The third-order valence-corrected chi connectivity index (χ3v) is 3.25. The third kappa shape index (κ3) is 3.08. The van der Waals surface area contributed by atoms with Gasteiger partial charge in [0.05, 0.1) is 6.21 Å². The highest BCUT2D eigenvalue weighted by molar-refractivity contribution is 9.10. The molecule has 0 radical (unpaired) electrons. The summed E-state index contributed by atoms with van der Waals surface area (Å²) in [5, 5.41) is 16.3. The van der Waals surface area contributed by atoms with Gasteiger partial charge in [-0.1, -0.05) is 30.3 Å². The lowest BCUT2D eigenvalue weighted by molar-refractivity contribution is 0.534. The molecule has 1 aliphatic heterocycles. The molecule has 0 bridgehead atoms. The molecule has 0 amide bonds. The van der Waals surface area contributed by atoms with Crippen LogP contribution >= 0.6 is 15.9 Å². The molecule has 0 unspecified atom stereocenters. The average Bonchev–Trinajstić information content (AvgIpc) is 3.09. The maximum absolute atomic E-state index is 5.28. The van der Waals surface area contributed by atoms with Crippen molar-refractivity contribution in [3.05, 3.63) is 58.5 Å². The zero-order valence-corrected chi connectivity index (χ0v) is 12.1. The first-order chi connectivity index (χ1) is 9.81. The molecular formula is C14H11BrN4O. The van der Waals surface area contributed by atoms with Crippen LogP contribution in [0.5, 0.6) is 0 Å². The van der Waals surface area contributed by atoms with Gasteiger partial charge in [0.25, 0.3) is 0 Å².